The number of para-hydroxylation sites is 1. The zero-order chi connectivity index (χ0) is 38.4. The minimum absolute atomic E-state index is 0.0317. The highest BCUT2D eigenvalue weighted by molar-refractivity contribution is 6.23. The zero-order valence-electron chi connectivity index (χ0n) is 31.4. The number of likely N-dealkylation sites (tertiary alicyclic amines) is 1. The lowest BCUT2D eigenvalue weighted by atomic mass is 9.90. The maximum Gasteiger partial charge on any atom is 0.262 e. The van der Waals surface area contributed by atoms with Gasteiger partial charge in [0.05, 0.1) is 34.2 Å². The van der Waals surface area contributed by atoms with E-state index in [0.29, 0.717) is 35.4 Å². The fourth-order valence-electron chi connectivity index (χ4n) is 10.7. The summed E-state index contributed by atoms with van der Waals surface area (Å²) in [7, 11) is 0. The molecule has 0 bridgehead atoms. The average Bonchev–Trinajstić information content (AvgIpc) is 3.49. The summed E-state index contributed by atoms with van der Waals surface area (Å²) in [4.78, 5) is 61.3. The highest BCUT2D eigenvalue weighted by Gasteiger charge is 2.56. The van der Waals surface area contributed by atoms with Crippen LogP contribution in [0.1, 0.15) is 53.3 Å². The molecule has 2 unspecified atom stereocenters. The molecular weight excluding hydrogens is 718 g/mol. The van der Waals surface area contributed by atoms with E-state index < -0.39 is 35.5 Å². The molecule has 14 nitrogen and oxygen atoms in total. The Morgan fingerprint density at radius 1 is 0.839 bits per heavy atom. The topological polar surface area (TPSA) is 155 Å². The van der Waals surface area contributed by atoms with E-state index in [1.165, 1.54) is 6.07 Å². The van der Waals surface area contributed by atoms with Crippen LogP contribution in [-0.4, -0.2) is 131 Å². The molecular formula is C41H46FN9O5. The van der Waals surface area contributed by atoms with Gasteiger partial charge in [0.2, 0.25) is 11.8 Å². The summed E-state index contributed by atoms with van der Waals surface area (Å²) in [6.07, 6.45) is 1.91. The summed E-state index contributed by atoms with van der Waals surface area (Å²) in [5.74, 6) is 0.730. The number of benzene rings is 2. The second kappa shape index (κ2) is 13.5. The van der Waals surface area contributed by atoms with Gasteiger partial charge in [0, 0.05) is 76.9 Å². The van der Waals surface area contributed by atoms with Crippen molar-refractivity contribution in [1.29, 1.82) is 0 Å². The predicted octanol–water partition coefficient (Wildman–Crippen LogP) is 2.79. The first-order valence-electron chi connectivity index (χ1n) is 20.0. The molecule has 3 aromatic rings. The van der Waals surface area contributed by atoms with E-state index in [0.717, 1.165) is 105 Å². The third-order valence-electron chi connectivity index (χ3n) is 13.6. The number of hydrogen-bond acceptors (Lipinski definition) is 12. The Labute approximate surface area is 324 Å². The first kappa shape index (κ1) is 35.3. The number of imide groups is 2. The van der Waals surface area contributed by atoms with Crippen molar-refractivity contribution < 1.29 is 28.7 Å². The number of amides is 4. The molecule has 2 aromatic carbocycles. The van der Waals surface area contributed by atoms with E-state index in [1.54, 1.807) is 12.1 Å². The van der Waals surface area contributed by atoms with Gasteiger partial charge >= 0.3 is 0 Å². The van der Waals surface area contributed by atoms with Crippen LogP contribution in [-0.2, 0) is 9.59 Å². The molecule has 15 heteroatoms. The number of phenols is 1. The smallest absolute Gasteiger partial charge is 0.262 e. The molecule has 56 heavy (non-hydrogen) atoms. The van der Waals surface area contributed by atoms with E-state index >= 15 is 4.39 Å². The number of carbonyl (C=O) groups excluding carboxylic acids is 4. The second-order valence-electron chi connectivity index (χ2n) is 16.9. The van der Waals surface area contributed by atoms with E-state index in [-0.39, 0.29) is 35.8 Å². The first-order chi connectivity index (χ1) is 27.1. The Morgan fingerprint density at radius 2 is 1.62 bits per heavy atom. The molecule has 7 atom stereocenters. The number of aromatic nitrogens is 2. The highest BCUT2D eigenvalue weighted by Crippen LogP contribution is 2.52. The van der Waals surface area contributed by atoms with Crippen LogP contribution in [0.4, 0.5) is 21.6 Å². The molecule has 7 heterocycles. The molecule has 6 aliphatic heterocycles. The van der Waals surface area contributed by atoms with Gasteiger partial charge in [0.15, 0.2) is 5.82 Å². The monoisotopic (exact) mass is 763 g/mol. The third kappa shape index (κ3) is 5.97. The summed E-state index contributed by atoms with van der Waals surface area (Å²) < 4.78 is 15.6. The maximum absolute atomic E-state index is 15.6. The molecule has 0 spiro atoms. The number of nitrogens with one attached hydrogen (secondary N) is 2. The number of nitrogens with zero attached hydrogens (tertiary/aromatic N) is 7. The summed E-state index contributed by atoms with van der Waals surface area (Å²) in [5, 5.41) is 24.9. The number of anilines is 3. The molecule has 0 radical (unpaired) electrons. The number of aromatic hydroxyl groups is 1. The molecule has 4 saturated heterocycles. The van der Waals surface area contributed by atoms with Gasteiger partial charge in [-0.2, -0.15) is 0 Å². The third-order valence-corrected chi connectivity index (χ3v) is 13.6. The van der Waals surface area contributed by atoms with Crippen LogP contribution in [0.3, 0.4) is 0 Å². The number of piperazine rings is 1. The zero-order valence-corrected chi connectivity index (χ0v) is 31.4. The van der Waals surface area contributed by atoms with Gasteiger partial charge < -0.3 is 25.1 Å². The van der Waals surface area contributed by atoms with Gasteiger partial charge in [0.1, 0.15) is 17.6 Å². The average molecular weight is 764 g/mol. The van der Waals surface area contributed by atoms with Crippen LogP contribution in [0.2, 0.25) is 0 Å². The number of hydrogen-bond donors (Lipinski definition) is 3. The fraction of sp³-hybridized carbons (Fsp3) is 0.512. The van der Waals surface area contributed by atoms with Crippen molar-refractivity contribution in [2.45, 2.75) is 50.7 Å². The lowest BCUT2D eigenvalue weighted by molar-refractivity contribution is -0.136. The van der Waals surface area contributed by atoms with Gasteiger partial charge in [0.25, 0.3) is 11.8 Å². The molecule has 10 rings (SSSR count). The quantitative estimate of drug-likeness (QED) is 0.304. The highest BCUT2D eigenvalue weighted by atomic mass is 19.1. The Balaban J connectivity index is 0.711. The lowest BCUT2D eigenvalue weighted by Crippen LogP contribution is -2.58. The maximum atomic E-state index is 15.6. The SMILES string of the molecule is C[C@@H]1C[C@H](CN2C[C@@H]3C(CN4CCN5c6cc(-c7ccccc7O)nnc6NC[C@H]5C4)[C@@H]3C2)CCN1c1cc2c(cc1F)C(=O)N(C1CCC(=O)NC1=O)C2=O. The normalized spacial score (nSPS) is 30.1. The standard InChI is InChI=1S/C41H46FN9O5/c1-22-12-23(8-9-49(22)34-14-27-26(13-31(34)42)40(55)51(41(27)56)33-6-7-37(53)44-39(33)54)17-48-20-29-28(30(29)21-48)19-47-10-11-50-24(18-47)16-43-38-35(50)15-32(45-46-38)25-4-2-3-5-36(25)52/h2-5,13-15,22-24,28-30,33,52H,6-12,16-21H2,1H3,(H,43,46)(H,44,53,54)/t22-,23-,24+,28?,29-,30+,33?/m1/s1. The number of fused-ring (bicyclic) bond motifs is 5. The molecule has 7 aliphatic rings. The van der Waals surface area contributed by atoms with Crippen LogP contribution in [0, 0.1) is 29.5 Å². The van der Waals surface area contributed by atoms with Crippen molar-refractivity contribution in [2.24, 2.45) is 23.7 Å². The van der Waals surface area contributed by atoms with Gasteiger partial charge in [-0.1, -0.05) is 12.1 Å². The summed E-state index contributed by atoms with van der Waals surface area (Å²) >= 11 is 0. The van der Waals surface area contributed by atoms with Crippen LogP contribution >= 0.6 is 0 Å². The molecule has 3 N–H and O–H groups in total. The van der Waals surface area contributed by atoms with Crippen LogP contribution in [0.25, 0.3) is 11.3 Å². The number of rotatable bonds is 7. The van der Waals surface area contributed by atoms with Gasteiger partial charge in [-0.25, -0.2) is 4.39 Å². The largest absolute Gasteiger partial charge is 0.507 e. The Kier molecular flexibility index (Phi) is 8.51. The molecule has 1 saturated carbocycles. The number of halogens is 1. The second-order valence-corrected chi connectivity index (χ2v) is 16.9. The van der Waals surface area contributed by atoms with E-state index in [4.69, 9.17) is 0 Å². The molecule has 4 amide bonds. The number of carbonyl (C=O) groups is 4. The summed E-state index contributed by atoms with van der Waals surface area (Å²) in [6, 6.07) is 11.2. The lowest BCUT2D eigenvalue weighted by Gasteiger charge is -2.46. The van der Waals surface area contributed by atoms with Gasteiger partial charge in [-0.15, -0.1) is 10.2 Å². The number of piperidine rings is 3. The van der Waals surface area contributed by atoms with E-state index in [1.807, 2.05) is 23.1 Å². The minimum Gasteiger partial charge on any atom is -0.507 e. The molecule has 1 aliphatic carbocycles. The fourth-order valence-corrected chi connectivity index (χ4v) is 10.7. The first-order valence-corrected chi connectivity index (χ1v) is 20.0. The van der Waals surface area contributed by atoms with Crippen molar-refractivity contribution in [2.75, 3.05) is 74.0 Å². The Morgan fingerprint density at radius 3 is 2.39 bits per heavy atom. The summed E-state index contributed by atoms with van der Waals surface area (Å²) in [5.41, 5.74) is 2.79. The summed E-state index contributed by atoms with van der Waals surface area (Å²) in [6.45, 7) is 11.0. The van der Waals surface area contributed by atoms with Crippen LogP contribution < -0.4 is 20.4 Å². The Bertz CT molecular complexity index is 2140. The van der Waals surface area contributed by atoms with Crippen molar-refractivity contribution in [3.05, 3.63) is 59.4 Å². The van der Waals surface area contributed by atoms with Crippen molar-refractivity contribution in [1.82, 2.24) is 30.2 Å². The van der Waals surface area contributed by atoms with Gasteiger partial charge in [-0.05, 0) is 80.2 Å². The van der Waals surface area contributed by atoms with Gasteiger partial charge in [-0.3, -0.25) is 34.3 Å². The van der Waals surface area contributed by atoms with Crippen molar-refractivity contribution in [3.8, 4) is 17.0 Å². The van der Waals surface area contributed by atoms with E-state index in [9.17, 15) is 24.3 Å². The molecule has 1 aromatic heterocycles. The molecule has 5 fully saturated rings. The molecule has 292 valence electrons. The minimum atomic E-state index is -1.08. The Hall–Kier alpha value is -5.15. The van der Waals surface area contributed by atoms with E-state index in [2.05, 4.69) is 42.5 Å². The van der Waals surface area contributed by atoms with Crippen LogP contribution in [0.15, 0.2) is 42.5 Å². The van der Waals surface area contributed by atoms with Crippen molar-refractivity contribution in [3.63, 3.8) is 0 Å². The number of phenolic OH excluding ortho intramolecular Hbond substituents is 1. The predicted molar refractivity (Wildman–Crippen MR) is 205 cm³/mol. The van der Waals surface area contributed by atoms with Crippen molar-refractivity contribution >= 4 is 40.8 Å². The van der Waals surface area contributed by atoms with Crippen LogP contribution in [0.5, 0.6) is 5.75 Å².